The highest BCUT2D eigenvalue weighted by Gasteiger charge is 2.15. The number of nitrogens with one attached hydrogen (secondary N) is 1. The van der Waals surface area contributed by atoms with Crippen molar-refractivity contribution in [3.63, 3.8) is 0 Å². The molecule has 3 rings (SSSR count). The summed E-state index contributed by atoms with van der Waals surface area (Å²) in [6, 6.07) is 1.89. The minimum atomic E-state index is -0.0340. The van der Waals surface area contributed by atoms with Crippen molar-refractivity contribution in [2.75, 3.05) is 5.73 Å². The molecule has 0 amide bonds. The lowest BCUT2D eigenvalue weighted by molar-refractivity contribution is 0.277. The zero-order valence-corrected chi connectivity index (χ0v) is 9.77. The second-order valence-corrected chi connectivity index (χ2v) is 4.10. The molecule has 0 aromatic carbocycles. The van der Waals surface area contributed by atoms with Gasteiger partial charge < -0.3 is 20.2 Å². The molecule has 0 saturated heterocycles. The summed E-state index contributed by atoms with van der Waals surface area (Å²) >= 11 is 0. The van der Waals surface area contributed by atoms with Crippen LogP contribution in [0.3, 0.4) is 0 Å². The van der Waals surface area contributed by atoms with Gasteiger partial charge >= 0.3 is 0 Å². The number of H-pyrrole nitrogens is 1. The number of furan rings is 1. The van der Waals surface area contributed by atoms with Crippen LogP contribution in [0.25, 0.3) is 22.4 Å². The summed E-state index contributed by atoms with van der Waals surface area (Å²) in [4.78, 5) is 11.2. The van der Waals surface area contributed by atoms with Crippen LogP contribution in [0.2, 0.25) is 0 Å². The Morgan fingerprint density at radius 1 is 1.44 bits per heavy atom. The van der Waals surface area contributed by atoms with E-state index in [2.05, 4.69) is 15.0 Å². The first-order chi connectivity index (χ1) is 8.70. The van der Waals surface area contributed by atoms with Crippen molar-refractivity contribution >= 4 is 16.9 Å². The molecule has 0 aliphatic rings. The van der Waals surface area contributed by atoms with E-state index >= 15 is 0 Å². The Labute approximate surface area is 102 Å². The minimum absolute atomic E-state index is 0.0340. The van der Waals surface area contributed by atoms with Crippen molar-refractivity contribution in [3.8, 4) is 11.3 Å². The van der Waals surface area contributed by atoms with Crippen LogP contribution in [0.1, 0.15) is 11.3 Å². The highest BCUT2D eigenvalue weighted by Crippen LogP contribution is 2.32. The molecule has 0 saturated carbocycles. The van der Waals surface area contributed by atoms with Crippen LogP contribution >= 0.6 is 0 Å². The SMILES string of the molecule is Cc1cc(CO)[nH]c1-c1coc2c(N)ncnc12. The first-order valence-corrected chi connectivity index (χ1v) is 5.48. The van der Waals surface area contributed by atoms with Crippen molar-refractivity contribution in [2.24, 2.45) is 0 Å². The summed E-state index contributed by atoms with van der Waals surface area (Å²) in [5.74, 6) is 0.317. The molecule has 0 radical (unpaired) electrons. The average Bonchev–Trinajstić information content (AvgIpc) is 2.93. The van der Waals surface area contributed by atoms with Crippen LogP contribution in [-0.2, 0) is 6.61 Å². The van der Waals surface area contributed by atoms with E-state index in [0.29, 0.717) is 16.9 Å². The number of anilines is 1. The van der Waals surface area contributed by atoms with E-state index in [0.717, 1.165) is 22.5 Å². The smallest absolute Gasteiger partial charge is 0.195 e. The topological polar surface area (TPSA) is 101 Å². The third-order valence-corrected chi connectivity index (χ3v) is 2.89. The van der Waals surface area contributed by atoms with Gasteiger partial charge in [0, 0.05) is 5.69 Å². The molecular weight excluding hydrogens is 232 g/mol. The normalized spacial score (nSPS) is 11.2. The number of aryl methyl sites for hydroxylation is 1. The monoisotopic (exact) mass is 244 g/mol. The maximum Gasteiger partial charge on any atom is 0.195 e. The van der Waals surface area contributed by atoms with Crippen LogP contribution in [-0.4, -0.2) is 20.1 Å². The summed E-state index contributed by atoms with van der Waals surface area (Å²) in [7, 11) is 0. The van der Waals surface area contributed by atoms with Crippen LogP contribution in [0.5, 0.6) is 0 Å². The van der Waals surface area contributed by atoms with E-state index in [9.17, 15) is 0 Å². The van der Waals surface area contributed by atoms with Gasteiger partial charge in [0.15, 0.2) is 11.4 Å². The number of fused-ring (bicyclic) bond motifs is 1. The third kappa shape index (κ3) is 1.46. The van der Waals surface area contributed by atoms with Gasteiger partial charge in [-0.1, -0.05) is 0 Å². The van der Waals surface area contributed by atoms with Gasteiger partial charge in [-0.15, -0.1) is 0 Å². The number of nitrogens with two attached hydrogens (primary N) is 1. The molecule has 3 aromatic rings. The Kier molecular flexibility index (Phi) is 2.31. The molecule has 0 unspecified atom stereocenters. The van der Waals surface area contributed by atoms with Crippen LogP contribution in [0.4, 0.5) is 5.82 Å². The van der Waals surface area contributed by atoms with Gasteiger partial charge in [-0.05, 0) is 18.6 Å². The van der Waals surface area contributed by atoms with Crippen molar-refractivity contribution in [2.45, 2.75) is 13.5 Å². The second-order valence-electron chi connectivity index (χ2n) is 4.10. The van der Waals surface area contributed by atoms with Gasteiger partial charge in [0.05, 0.1) is 17.9 Å². The number of aromatic nitrogens is 3. The van der Waals surface area contributed by atoms with Gasteiger partial charge in [0.25, 0.3) is 0 Å². The lowest BCUT2D eigenvalue weighted by atomic mass is 10.1. The van der Waals surface area contributed by atoms with Crippen molar-refractivity contribution in [3.05, 3.63) is 29.9 Å². The Bertz CT molecular complexity index is 714. The van der Waals surface area contributed by atoms with E-state index in [1.54, 1.807) is 6.26 Å². The first-order valence-electron chi connectivity index (χ1n) is 5.48. The quantitative estimate of drug-likeness (QED) is 0.635. The largest absolute Gasteiger partial charge is 0.458 e. The van der Waals surface area contributed by atoms with Crippen LogP contribution in [0.15, 0.2) is 23.1 Å². The molecule has 18 heavy (non-hydrogen) atoms. The Morgan fingerprint density at radius 3 is 3.00 bits per heavy atom. The lowest BCUT2D eigenvalue weighted by Crippen LogP contribution is -1.91. The molecule has 0 fully saturated rings. The molecule has 0 bridgehead atoms. The van der Waals surface area contributed by atoms with E-state index in [1.165, 1.54) is 6.33 Å². The number of hydrogen-bond donors (Lipinski definition) is 3. The maximum atomic E-state index is 9.13. The molecular formula is C12H12N4O2. The summed E-state index contributed by atoms with van der Waals surface area (Å²) in [6.45, 7) is 1.92. The Morgan fingerprint density at radius 2 is 2.28 bits per heavy atom. The third-order valence-electron chi connectivity index (χ3n) is 2.89. The predicted octanol–water partition coefficient (Wildman–Crippen LogP) is 1.60. The molecule has 0 aliphatic heterocycles. The van der Waals surface area contributed by atoms with E-state index < -0.39 is 0 Å². The van der Waals surface area contributed by atoms with Gasteiger partial charge in [-0.2, -0.15) is 0 Å². The number of nitrogens with zero attached hydrogens (tertiary/aromatic N) is 2. The Balaban J connectivity index is 2.25. The van der Waals surface area contributed by atoms with Crippen LogP contribution < -0.4 is 5.73 Å². The standard InChI is InChI=1S/C12H12N4O2/c1-6-2-7(3-17)16-9(6)8-4-18-11-10(8)14-5-15-12(11)13/h2,4-5,16-17H,3H2,1H3,(H2,13,14,15). The number of aromatic amines is 1. The number of aliphatic hydroxyl groups is 1. The summed E-state index contributed by atoms with van der Waals surface area (Å²) in [5.41, 5.74) is 10.3. The number of nitrogen functional groups attached to an aromatic ring is 1. The second kappa shape index (κ2) is 3.85. The van der Waals surface area contributed by atoms with Gasteiger partial charge in [-0.3, -0.25) is 0 Å². The van der Waals surface area contributed by atoms with Crippen molar-refractivity contribution in [1.29, 1.82) is 0 Å². The molecule has 4 N–H and O–H groups in total. The summed E-state index contributed by atoms with van der Waals surface area (Å²) in [6.07, 6.45) is 3.00. The zero-order chi connectivity index (χ0) is 12.7. The van der Waals surface area contributed by atoms with E-state index in [-0.39, 0.29) is 6.61 Å². The first kappa shape index (κ1) is 10.8. The van der Waals surface area contributed by atoms with Gasteiger partial charge in [-0.25, -0.2) is 9.97 Å². The molecule has 0 spiro atoms. The summed E-state index contributed by atoms with van der Waals surface area (Å²) in [5, 5.41) is 9.13. The predicted molar refractivity (Wildman–Crippen MR) is 66.7 cm³/mol. The van der Waals surface area contributed by atoms with E-state index in [4.69, 9.17) is 15.3 Å². The number of hydrogen-bond acceptors (Lipinski definition) is 5. The number of aliphatic hydroxyl groups excluding tert-OH is 1. The minimum Gasteiger partial charge on any atom is -0.458 e. The van der Waals surface area contributed by atoms with Crippen molar-refractivity contribution < 1.29 is 9.52 Å². The fourth-order valence-corrected chi connectivity index (χ4v) is 2.04. The summed E-state index contributed by atoms with van der Waals surface area (Å²) < 4.78 is 5.40. The van der Waals surface area contributed by atoms with Crippen LogP contribution in [0, 0.1) is 6.92 Å². The van der Waals surface area contributed by atoms with Crippen molar-refractivity contribution in [1.82, 2.24) is 15.0 Å². The van der Waals surface area contributed by atoms with Gasteiger partial charge in [0.2, 0.25) is 0 Å². The van der Waals surface area contributed by atoms with E-state index in [1.807, 2.05) is 13.0 Å². The highest BCUT2D eigenvalue weighted by atomic mass is 16.3. The Hall–Kier alpha value is -2.34. The average molecular weight is 244 g/mol. The molecule has 3 heterocycles. The molecule has 6 heteroatoms. The number of rotatable bonds is 2. The molecule has 3 aromatic heterocycles. The zero-order valence-electron chi connectivity index (χ0n) is 9.77. The fraction of sp³-hybridized carbons (Fsp3) is 0.167. The van der Waals surface area contributed by atoms with Gasteiger partial charge in [0.1, 0.15) is 18.1 Å². The maximum absolute atomic E-state index is 9.13. The molecule has 0 atom stereocenters. The molecule has 0 aliphatic carbocycles. The fourth-order valence-electron chi connectivity index (χ4n) is 2.04. The highest BCUT2D eigenvalue weighted by molar-refractivity contribution is 5.94. The lowest BCUT2D eigenvalue weighted by Gasteiger charge is -1.97. The molecule has 6 nitrogen and oxygen atoms in total. The molecule has 92 valence electrons.